The maximum absolute atomic E-state index is 12.2. The lowest BCUT2D eigenvalue weighted by atomic mass is 9.96. The predicted octanol–water partition coefficient (Wildman–Crippen LogP) is 3.13. The molecule has 1 atom stereocenters. The molecule has 0 aromatic heterocycles. The Bertz CT molecular complexity index is 468. The monoisotopic (exact) mass is 283 g/mol. The summed E-state index contributed by atoms with van der Waals surface area (Å²) in [5, 5.41) is 0. The zero-order valence-corrected chi connectivity index (χ0v) is 13.2. The normalized spacial score (nSPS) is 14.0. The molecule has 0 spiro atoms. The number of rotatable bonds is 7. The van der Waals surface area contributed by atoms with Crippen molar-refractivity contribution in [3.8, 4) is 0 Å². The van der Waals surface area contributed by atoms with Crippen molar-refractivity contribution in [2.24, 2.45) is 11.8 Å². The van der Waals surface area contributed by atoms with E-state index in [9.17, 15) is 8.42 Å². The molecular formula is C15H25NO2S. The summed E-state index contributed by atoms with van der Waals surface area (Å²) in [7, 11) is -1.50. The van der Waals surface area contributed by atoms with E-state index in [0.717, 1.165) is 12.0 Å². The zero-order chi connectivity index (χ0) is 14.5. The van der Waals surface area contributed by atoms with Crippen LogP contribution in [0, 0.1) is 11.8 Å². The minimum atomic E-state index is -3.15. The Balaban J connectivity index is 2.57. The molecule has 0 fully saturated rings. The van der Waals surface area contributed by atoms with Crippen LogP contribution in [0.1, 0.15) is 32.8 Å². The van der Waals surface area contributed by atoms with Gasteiger partial charge in [-0.25, -0.2) is 12.7 Å². The zero-order valence-electron chi connectivity index (χ0n) is 12.3. The largest absolute Gasteiger partial charge is 0.214 e. The summed E-state index contributed by atoms with van der Waals surface area (Å²) in [6.45, 7) is 6.81. The van der Waals surface area contributed by atoms with E-state index in [1.807, 2.05) is 30.3 Å². The molecule has 0 bridgehead atoms. The molecule has 0 aliphatic carbocycles. The highest BCUT2D eigenvalue weighted by Crippen LogP contribution is 2.16. The molecule has 19 heavy (non-hydrogen) atoms. The molecule has 1 aromatic rings. The molecule has 0 amide bonds. The van der Waals surface area contributed by atoms with Gasteiger partial charge in [0.25, 0.3) is 0 Å². The Labute approximate surface area is 117 Å². The second-order valence-electron chi connectivity index (χ2n) is 5.57. The molecule has 0 aliphatic heterocycles. The summed E-state index contributed by atoms with van der Waals surface area (Å²) in [4.78, 5) is 0. The van der Waals surface area contributed by atoms with E-state index in [1.165, 1.54) is 4.31 Å². The molecule has 0 aliphatic rings. The molecule has 0 radical (unpaired) electrons. The van der Waals surface area contributed by atoms with Gasteiger partial charge in [-0.3, -0.25) is 0 Å². The number of nitrogens with zero attached hydrogens (tertiary/aromatic N) is 1. The first-order chi connectivity index (χ1) is 8.83. The highest BCUT2D eigenvalue weighted by molar-refractivity contribution is 7.89. The molecule has 0 saturated carbocycles. The third-order valence-corrected chi connectivity index (χ3v) is 5.52. The van der Waals surface area contributed by atoms with Crippen molar-refractivity contribution in [3.63, 3.8) is 0 Å². The maximum Gasteiger partial charge on any atom is 0.214 e. The average molecular weight is 283 g/mol. The van der Waals surface area contributed by atoms with Crippen LogP contribution in [0.5, 0.6) is 0 Å². The van der Waals surface area contributed by atoms with Crippen LogP contribution in [0.15, 0.2) is 30.3 Å². The SMILES string of the molecule is CC(C)C(C)CCS(=O)(=O)N(C)Cc1ccccc1. The van der Waals surface area contributed by atoms with Crippen LogP contribution in [0.3, 0.4) is 0 Å². The van der Waals surface area contributed by atoms with Crippen LogP contribution in [-0.4, -0.2) is 25.5 Å². The minimum absolute atomic E-state index is 0.232. The Kier molecular flexibility index (Phi) is 6.01. The van der Waals surface area contributed by atoms with E-state index >= 15 is 0 Å². The van der Waals surface area contributed by atoms with Gasteiger partial charge in [-0.05, 0) is 23.8 Å². The number of hydrogen-bond acceptors (Lipinski definition) is 2. The summed E-state index contributed by atoms with van der Waals surface area (Å²) in [5.74, 6) is 1.19. The average Bonchev–Trinajstić information content (AvgIpc) is 2.37. The molecule has 0 N–H and O–H groups in total. The maximum atomic E-state index is 12.2. The van der Waals surface area contributed by atoms with Gasteiger partial charge < -0.3 is 0 Å². The fourth-order valence-corrected chi connectivity index (χ4v) is 3.09. The van der Waals surface area contributed by atoms with Crippen molar-refractivity contribution in [3.05, 3.63) is 35.9 Å². The highest BCUT2D eigenvalue weighted by atomic mass is 32.2. The van der Waals surface area contributed by atoms with Gasteiger partial charge in [0.15, 0.2) is 0 Å². The highest BCUT2D eigenvalue weighted by Gasteiger charge is 2.20. The lowest BCUT2D eigenvalue weighted by Gasteiger charge is -2.20. The smallest absolute Gasteiger partial charge is 0.212 e. The lowest BCUT2D eigenvalue weighted by molar-refractivity contribution is 0.399. The number of sulfonamides is 1. The van der Waals surface area contributed by atoms with Crippen molar-refractivity contribution in [1.82, 2.24) is 4.31 Å². The van der Waals surface area contributed by atoms with Gasteiger partial charge in [-0.1, -0.05) is 51.1 Å². The lowest BCUT2D eigenvalue weighted by Crippen LogP contribution is -2.29. The van der Waals surface area contributed by atoms with Crippen LogP contribution < -0.4 is 0 Å². The van der Waals surface area contributed by atoms with E-state index in [2.05, 4.69) is 20.8 Å². The summed E-state index contributed by atoms with van der Waals surface area (Å²) in [6, 6.07) is 9.68. The molecule has 3 nitrogen and oxygen atoms in total. The molecule has 108 valence electrons. The van der Waals surface area contributed by atoms with E-state index in [1.54, 1.807) is 7.05 Å². The molecular weight excluding hydrogens is 258 g/mol. The van der Waals surface area contributed by atoms with Crippen LogP contribution in [-0.2, 0) is 16.6 Å². The van der Waals surface area contributed by atoms with E-state index in [-0.39, 0.29) is 5.75 Å². The fourth-order valence-electron chi connectivity index (χ4n) is 1.76. The minimum Gasteiger partial charge on any atom is -0.212 e. The standard InChI is InChI=1S/C15H25NO2S/c1-13(2)14(3)10-11-19(17,18)16(4)12-15-8-6-5-7-9-15/h5-9,13-14H,10-12H2,1-4H3. The quantitative estimate of drug-likeness (QED) is 0.771. The van der Waals surface area contributed by atoms with Crippen molar-refractivity contribution < 1.29 is 8.42 Å². The fraction of sp³-hybridized carbons (Fsp3) is 0.600. The van der Waals surface area contributed by atoms with Crippen molar-refractivity contribution >= 4 is 10.0 Å². The van der Waals surface area contributed by atoms with E-state index in [4.69, 9.17) is 0 Å². The van der Waals surface area contributed by atoms with Crippen molar-refractivity contribution in [2.45, 2.75) is 33.7 Å². The summed E-state index contributed by atoms with van der Waals surface area (Å²) in [6.07, 6.45) is 0.721. The van der Waals surface area contributed by atoms with Gasteiger partial charge in [-0.2, -0.15) is 0 Å². The first-order valence-electron chi connectivity index (χ1n) is 6.81. The van der Waals surface area contributed by atoms with Crippen LogP contribution in [0.2, 0.25) is 0 Å². The topological polar surface area (TPSA) is 37.4 Å². The van der Waals surface area contributed by atoms with Crippen molar-refractivity contribution in [1.29, 1.82) is 0 Å². The van der Waals surface area contributed by atoms with Crippen LogP contribution in [0.25, 0.3) is 0 Å². The van der Waals surface area contributed by atoms with Crippen LogP contribution >= 0.6 is 0 Å². The molecule has 0 saturated heterocycles. The Morgan fingerprint density at radius 3 is 2.21 bits per heavy atom. The Morgan fingerprint density at radius 1 is 1.11 bits per heavy atom. The van der Waals surface area contributed by atoms with E-state index < -0.39 is 10.0 Å². The van der Waals surface area contributed by atoms with Gasteiger partial charge in [0.05, 0.1) is 5.75 Å². The van der Waals surface area contributed by atoms with Gasteiger partial charge >= 0.3 is 0 Å². The molecule has 1 aromatic carbocycles. The van der Waals surface area contributed by atoms with Crippen LogP contribution in [0.4, 0.5) is 0 Å². The number of hydrogen-bond donors (Lipinski definition) is 0. The number of benzene rings is 1. The van der Waals surface area contributed by atoms with Gasteiger partial charge in [-0.15, -0.1) is 0 Å². The Morgan fingerprint density at radius 2 is 1.68 bits per heavy atom. The second kappa shape index (κ2) is 7.06. The third kappa shape index (κ3) is 5.33. The summed E-state index contributed by atoms with van der Waals surface area (Å²) >= 11 is 0. The molecule has 4 heteroatoms. The first-order valence-corrected chi connectivity index (χ1v) is 8.42. The summed E-state index contributed by atoms with van der Waals surface area (Å²) in [5.41, 5.74) is 1.02. The van der Waals surface area contributed by atoms with Gasteiger partial charge in [0, 0.05) is 13.6 Å². The van der Waals surface area contributed by atoms with Gasteiger partial charge in [0.1, 0.15) is 0 Å². The van der Waals surface area contributed by atoms with E-state index in [0.29, 0.717) is 18.4 Å². The first kappa shape index (κ1) is 16.2. The Hall–Kier alpha value is -0.870. The second-order valence-corrected chi connectivity index (χ2v) is 7.76. The predicted molar refractivity (Wildman–Crippen MR) is 80.3 cm³/mol. The molecule has 0 heterocycles. The van der Waals surface area contributed by atoms with Gasteiger partial charge in [0.2, 0.25) is 10.0 Å². The third-order valence-electron chi connectivity index (χ3n) is 3.69. The summed E-state index contributed by atoms with van der Waals surface area (Å²) < 4.78 is 25.8. The molecule has 1 rings (SSSR count). The van der Waals surface area contributed by atoms with Crippen molar-refractivity contribution in [2.75, 3.05) is 12.8 Å². The molecule has 1 unspecified atom stereocenters.